The van der Waals surface area contributed by atoms with Crippen molar-refractivity contribution in [2.24, 2.45) is 0 Å². The Bertz CT molecular complexity index is 875. The molecule has 0 bridgehead atoms. The number of benzene rings is 2. The maximum absolute atomic E-state index is 12.7. The molecule has 2 rings (SSSR count). The third kappa shape index (κ3) is 6.32. The van der Waals surface area contributed by atoms with Crippen LogP contribution in [0.4, 0.5) is 16.2 Å². The van der Waals surface area contributed by atoms with Crippen LogP contribution in [0.25, 0.3) is 0 Å². The zero-order valence-corrected chi connectivity index (χ0v) is 18.4. The van der Waals surface area contributed by atoms with Crippen LogP contribution in [-0.2, 0) is 15.1 Å². The third-order valence-corrected chi connectivity index (χ3v) is 5.14. The molecular weight excluding hydrogens is 380 g/mol. The second-order valence-corrected chi connectivity index (χ2v) is 7.90. The summed E-state index contributed by atoms with van der Waals surface area (Å²) in [7, 11) is 0. The van der Waals surface area contributed by atoms with E-state index in [0.29, 0.717) is 24.4 Å². The fraction of sp³-hybridized carbons (Fsp3) is 0.417. The van der Waals surface area contributed by atoms with Gasteiger partial charge in [0.25, 0.3) is 0 Å². The molecule has 0 aliphatic carbocycles. The highest BCUT2D eigenvalue weighted by Crippen LogP contribution is 2.35. The second-order valence-electron chi connectivity index (χ2n) is 7.90. The number of anilines is 2. The van der Waals surface area contributed by atoms with E-state index in [1.165, 1.54) is 0 Å². The van der Waals surface area contributed by atoms with E-state index in [-0.39, 0.29) is 18.4 Å². The first kappa shape index (κ1) is 23.4. The Balaban J connectivity index is 2.36. The summed E-state index contributed by atoms with van der Waals surface area (Å²) in [4.78, 5) is 23.9. The highest BCUT2D eigenvalue weighted by Gasteiger charge is 2.26. The van der Waals surface area contributed by atoms with Crippen LogP contribution in [0.2, 0.25) is 0 Å². The number of hydrogen-bond acceptors (Lipinski definition) is 3. The lowest BCUT2D eigenvalue weighted by molar-refractivity contribution is -0.137. The van der Waals surface area contributed by atoms with E-state index in [2.05, 4.69) is 10.6 Å². The summed E-state index contributed by atoms with van der Waals surface area (Å²) in [5, 5.41) is 15.0. The molecule has 0 spiro atoms. The van der Waals surface area contributed by atoms with Crippen molar-refractivity contribution in [1.29, 1.82) is 0 Å². The summed E-state index contributed by atoms with van der Waals surface area (Å²) < 4.78 is 5.89. The van der Waals surface area contributed by atoms with Crippen molar-refractivity contribution in [2.45, 2.75) is 59.0 Å². The van der Waals surface area contributed by atoms with Crippen molar-refractivity contribution in [1.82, 2.24) is 0 Å². The lowest BCUT2D eigenvalue weighted by atomic mass is 9.88. The number of carbonyl (C=O) groups is 2. The summed E-state index contributed by atoms with van der Waals surface area (Å²) in [5.41, 5.74) is 3.50. The van der Waals surface area contributed by atoms with E-state index in [0.717, 1.165) is 16.7 Å². The maximum Gasteiger partial charge on any atom is 0.323 e. The summed E-state index contributed by atoms with van der Waals surface area (Å²) in [5.74, 6) is -0.973. The minimum atomic E-state index is -0.841. The van der Waals surface area contributed by atoms with Crippen LogP contribution in [0.15, 0.2) is 42.5 Å². The van der Waals surface area contributed by atoms with Crippen molar-refractivity contribution < 1.29 is 19.4 Å². The van der Waals surface area contributed by atoms with Gasteiger partial charge >= 0.3 is 12.0 Å². The van der Waals surface area contributed by atoms with E-state index >= 15 is 0 Å². The molecule has 2 aromatic carbocycles. The Morgan fingerprint density at radius 1 is 1.07 bits per heavy atom. The number of aryl methyl sites for hydroxylation is 1. The number of rotatable bonds is 9. The van der Waals surface area contributed by atoms with Crippen molar-refractivity contribution >= 4 is 23.4 Å². The molecule has 2 aromatic rings. The van der Waals surface area contributed by atoms with Crippen molar-refractivity contribution in [3.63, 3.8) is 0 Å². The average Bonchev–Trinajstić information content (AvgIpc) is 2.67. The van der Waals surface area contributed by atoms with Gasteiger partial charge in [-0.3, -0.25) is 4.79 Å². The minimum Gasteiger partial charge on any atom is -0.481 e. The molecule has 6 heteroatoms. The summed E-state index contributed by atoms with van der Waals surface area (Å²) >= 11 is 0. The van der Waals surface area contributed by atoms with E-state index in [9.17, 15) is 14.7 Å². The Hall–Kier alpha value is -2.86. The number of nitrogens with one attached hydrogen (secondary N) is 2. The van der Waals surface area contributed by atoms with Gasteiger partial charge < -0.3 is 20.5 Å². The smallest absolute Gasteiger partial charge is 0.323 e. The van der Waals surface area contributed by atoms with Gasteiger partial charge in [-0.1, -0.05) is 36.8 Å². The minimum absolute atomic E-state index is 0.0414. The molecule has 1 unspecified atom stereocenters. The number of urea groups is 1. The average molecular weight is 413 g/mol. The highest BCUT2D eigenvalue weighted by atomic mass is 16.5. The molecule has 6 nitrogen and oxygen atoms in total. The molecule has 0 aromatic heterocycles. The number of carboxylic acid groups (broad SMARTS) is 1. The number of carbonyl (C=O) groups excluding carboxylic acids is 1. The van der Waals surface area contributed by atoms with Crippen molar-refractivity contribution in [3.8, 4) is 0 Å². The van der Waals surface area contributed by atoms with Crippen molar-refractivity contribution in [3.05, 3.63) is 59.2 Å². The van der Waals surface area contributed by atoms with Gasteiger partial charge in [0.15, 0.2) is 0 Å². The lowest BCUT2D eigenvalue weighted by Crippen LogP contribution is -2.26. The number of amides is 2. The quantitative estimate of drug-likeness (QED) is 0.480. The van der Waals surface area contributed by atoms with Gasteiger partial charge in [-0.2, -0.15) is 0 Å². The molecule has 0 saturated carbocycles. The molecule has 1 atom stereocenters. The van der Waals surface area contributed by atoms with E-state index in [1.807, 2.05) is 77.1 Å². The summed E-state index contributed by atoms with van der Waals surface area (Å²) in [6.07, 6.45) is 0.731. The van der Waals surface area contributed by atoms with Crippen LogP contribution in [0.1, 0.15) is 63.1 Å². The van der Waals surface area contributed by atoms with Gasteiger partial charge in [0.05, 0.1) is 12.0 Å². The third-order valence-electron chi connectivity index (χ3n) is 5.14. The van der Waals surface area contributed by atoms with Crippen molar-refractivity contribution in [2.75, 3.05) is 17.2 Å². The zero-order chi connectivity index (χ0) is 22.3. The van der Waals surface area contributed by atoms with E-state index in [1.54, 1.807) is 0 Å². The van der Waals surface area contributed by atoms with Crippen LogP contribution < -0.4 is 10.6 Å². The van der Waals surface area contributed by atoms with Crippen LogP contribution >= 0.6 is 0 Å². The monoisotopic (exact) mass is 412 g/mol. The van der Waals surface area contributed by atoms with Gasteiger partial charge in [-0.15, -0.1) is 0 Å². The molecule has 0 fully saturated rings. The fourth-order valence-corrected chi connectivity index (χ4v) is 3.51. The highest BCUT2D eigenvalue weighted by molar-refractivity contribution is 6.00. The predicted octanol–water partition coefficient (Wildman–Crippen LogP) is 5.88. The molecule has 0 aliphatic heterocycles. The van der Waals surface area contributed by atoms with Gasteiger partial charge in [0, 0.05) is 23.5 Å². The fourth-order valence-electron chi connectivity index (χ4n) is 3.51. The van der Waals surface area contributed by atoms with Gasteiger partial charge in [-0.05, 0) is 63.8 Å². The standard InChI is InChI=1S/C24H32N2O4/c1-6-17(15-22(27)28)18-10-13-20(24(4,5)30-7-2)21(14-18)26-23(29)25-19-11-8-16(3)9-12-19/h8-14,17H,6-7,15H2,1-5H3,(H,27,28)(H2,25,26,29). The van der Waals surface area contributed by atoms with E-state index < -0.39 is 11.6 Å². The Kier molecular flexibility index (Phi) is 8.00. The maximum atomic E-state index is 12.7. The molecule has 0 radical (unpaired) electrons. The van der Waals surface area contributed by atoms with Gasteiger partial charge in [-0.25, -0.2) is 4.79 Å². The molecule has 30 heavy (non-hydrogen) atoms. The molecule has 3 N–H and O–H groups in total. The lowest BCUT2D eigenvalue weighted by Gasteiger charge is -2.29. The largest absolute Gasteiger partial charge is 0.481 e. The number of ether oxygens (including phenoxy) is 1. The Labute approximate surface area is 178 Å². The molecule has 0 saturated heterocycles. The number of hydrogen-bond donors (Lipinski definition) is 3. The zero-order valence-electron chi connectivity index (χ0n) is 18.4. The molecule has 0 aliphatic rings. The van der Waals surface area contributed by atoms with Gasteiger partial charge in [0.2, 0.25) is 0 Å². The normalized spacial score (nSPS) is 12.3. The first-order valence-corrected chi connectivity index (χ1v) is 10.3. The predicted molar refractivity (Wildman–Crippen MR) is 120 cm³/mol. The molecule has 162 valence electrons. The van der Waals surface area contributed by atoms with Crippen LogP contribution in [0.5, 0.6) is 0 Å². The van der Waals surface area contributed by atoms with E-state index in [4.69, 9.17) is 4.74 Å². The molecular formula is C24H32N2O4. The summed E-state index contributed by atoms with van der Waals surface area (Å²) in [6.45, 7) is 10.3. The second kappa shape index (κ2) is 10.3. The van der Waals surface area contributed by atoms with Crippen LogP contribution in [-0.4, -0.2) is 23.7 Å². The van der Waals surface area contributed by atoms with Crippen LogP contribution in [0.3, 0.4) is 0 Å². The first-order valence-electron chi connectivity index (χ1n) is 10.3. The molecule has 0 heterocycles. The molecule has 2 amide bonds. The van der Waals surface area contributed by atoms with Crippen LogP contribution in [0, 0.1) is 6.92 Å². The number of carboxylic acids is 1. The number of aliphatic carboxylic acids is 1. The topological polar surface area (TPSA) is 87.7 Å². The Morgan fingerprint density at radius 2 is 1.73 bits per heavy atom. The Morgan fingerprint density at radius 3 is 2.30 bits per heavy atom. The first-order chi connectivity index (χ1) is 14.2. The summed E-state index contributed by atoms with van der Waals surface area (Å²) in [6, 6.07) is 12.9. The SMILES string of the molecule is CCOC(C)(C)c1ccc(C(CC)CC(=O)O)cc1NC(=O)Nc1ccc(C)cc1. The van der Waals surface area contributed by atoms with Gasteiger partial charge in [0.1, 0.15) is 0 Å².